The molecular weight excluding hydrogens is 248 g/mol. The molecule has 0 aliphatic heterocycles. The monoisotopic (exact) mass is 276 g/mol. The molecule has 2 N–H and O–H groups in total. The van der Waals surface area contributed by atoms with Gasteiger partial charge >= 0.3 is 0 Å². The molecule has 1 atom stereocenters. The Bertz CT molecular complexity index is 478. The van der Waals surface area contributed by atoms with Crippen molar-refractivity contribution in [3.63, 3.8) is 0 Å². The molecule has 0 fully saturated rings. The zero-order valence-corrected chi connectivity index (χ0v) is 13.9. The highest BCUT2D eigenvalue weighted by Crippen LogP contribution is 2.39. The van der Waals surface area contributed by atoms with Gasteiger partial charge in [0.2, 0.25) is 0 Å². The highest BCUT2D eigenvalue weighted by Gasteiger charge is 2.29. The number of hydrogen-bond acceptors (Lipinski definition) is 3. The van der Waals surface area contributed by atoms with Crippen molar-refractivity contribution in [2.75, 3.05) is 0 Å². The Morgan fingerprint density at radius 2 is 1.70 bits per heavy atom. The lowest BCUT2D eigenvalue weighted by atomic mass is 9.77. The molecule has 0 amide bonds. The standard InChI is InChI=1S/C16H28N4/c1-8-11(15(2,3)4)12-13(19-10-9-18-12)20-14(17)16(5,6)7/h9-11H,8H2,1-7H3,(H2,17,19,20). The Labute approximate surface area is 122 Å². The van der Waals surface area contributed by atoms with E-state index < -0.39 is 0 Å². The predicted octanol–water partition coefficient (Wildman–Crippen LogP) is 4.05. The molecule has 4 heteroatoms. The average Bonchev–Trinajstić information content (AvgIpc) is 2.29. The van der Waals surface area contributed by atoms with Crippen molar-refractivity contribution < 1.29 is 0 Å². The Balaban J connectivity index is 3.31. The van der Waals surface area contributed by atoms with Gasteiger partial charge < -0.3 is 5.73 Å². The zero-order chi connectivity index (χ0) is 15.6. The number of rotatable bonds is 3. The van der Waals surface area contributed by atoms with Crippen molar-refractivity contribution in [2.24, 2.45) is 21.6 Å². The second-order valence-electron chi connectivity index (χ2n) is 7.34. The third kappa shape index (κ3) is 4.02. The van der Waals surface area contributed by atoms with Gasteiger partial charge in [0.05, 0.1) is 5.69 Å². The van der Waals surface area contributed by atoms with Gasteiger partial charge in [-0.2, -0.15) is 0 Å². The number of nitrogens with zero attached hydrogens (tertiary/aromatic N) is 3. The van der Waals surface area contributed by atoms with Crippen LogP contribution in [0.3, 0.4) is 0 Å². The van der Waals surface area contributed by atoms with Crippen LogP contribution in [-0.4, -0.2) is 15.8 Å². The van der Waals surface area contributed by atoms with Crippen LogP contribution in [0.2, 0.25) is 0 Å². The lowest BCUT2D eigenvalue weighted by Crippen LogP contribution is -2.29. The van der Waals surface area contributed by atoms with Crippen LogP contribution in [0.1, 0.15) is 66.5 Å². The van der Waals surface area contributed by atoms with Gasteiger partial charge in [-0.3, -0.25) is 4.98 Å². The van der Waals surface area contributed by atoms with Crippen LogP contribution in [0.5, 0.6) is 0 Å². The van der Waals surface area contributed by atoms with Gasteiger partial charge in [0.1, 0.15) is 5.84 Å². The number of aliphatic imine (C=N–C) groups is 1. The van der Waals surface area contributed by atoms with Crippen molar-refractivity contribution in [1.82, 2.24) is 9.97 Å². The molecule has 0 bridgehead atoms. The normalized spacial score (nSPS) is 15.2. The van der Waals surface area contributed by atoms with E-state index in [1.165, 1.54) is 0 Å². The van der Waals surface area contributed by atoms with Crippen molar-refractivity contribution in [2.45, 2.75) is 60.8 Å². The van der Waals surface area contributed by atoms with Crippen LogP contribution < -0.4 is 5.73 Å². The lowest BCUT2D eigenvalue weighted by Gasteiger charge is -2.29. The molecule has 20 heavy (non-hydrogen) atoms. The predicted molar refractivity (Wildman–Crippen MR) is 85.3 cm³/mol. The first-order valence-corrected chi connectivity index (χ1v) is 7.23. The first-order chi connectivity index (χ1) is 9.07. The molecule has 1 heterocycles. The van der Waals surface area contributed by atoms with Gasteiger partial charge in [-0.05, 0) is 11.8 Å². The molecule has 0 spiro atoms. The van der Waals surface area contributed by atoms with E-state index in [1.54, 1.807) is 12.4 Å². The molecule has 0 aliphatic rings. The minimum atomic E-state index is -0.168. The molecule has 0 aromatic carbocycles. The molecule has 1 aromatic rings. The van der Waals surface area contributed by atoms with Gasteiger partial charge in [-0.1, -0.05) is 48.5 Å². The molecule has 0 aliphatic carbocycles. The van der Waals surface area contributed by atoms with Crippen LogP contribution in [0.25, 0.3) is 0 Å². The maximum atomic E-state index is 6.08. The minimum Gasteiger partial charge on any atom is -0.387 e. The molecule has 112 valence electrons. The summed E-state index contributed by atoms with van der Waals surface area (Å²) in [7, 11) is 0. The molecule has 0 saturated carbocycles. The third-order valence-corrected chi connectivity index (χ3v) is 3.48. The van der Waals surface area contributed by atoms with E-state index in [1.807, 2.05) is 20.8 Å². The molecular formula is C16H28N4. The first-order valence-electron chi connectivity index (χ1n) is 7.23. The highest BCUT2D eigenvalue weighted by atomic mass is 15.0. The number of aromatic nitrogens is 2. The smallest absolute Gasteiger partial charge is 0.175 e. The quantitative estimate of drug-likeness (QED) is 0.669. The van der Waals surface area contributed by atoms with E-state index in [0.717, 1.165) is 12.1 Å². The van der Waals surface area contributed by atoms with Gasteiger partial charge in [0.25, 0.3) is 0 Å². The molecule has 0 saturated heterocycles. The molecule has 0 radical (unpaired) electrons. The van der Waals surface area contributed by atoms with E-state index in [4.69, 9.17) is 5.73 Å². The maximum Gasteiger partial charge on any atom is 0.175 e. The Morgan fingerprint density at radius 3 is 2.15 bits per heavy atom. The van der Waals surface area contributed by atoms with E-state index in [9.17, 15) is 0 Å². The van der Waals surface area contributed by atoms with Gasteiger partial charge in [0.15, 0.2) is 5.82 Å². The zero-order valence-electron chi connectivity index (χ0n) is 13.9. The third-order valence-electron chi connectivity index (χ3n) is 3.48. The SMILES string of the molecule is CCC(c1nccnc1/N=C(\N)C(C)(C)C)C(C)(C)C. The van der Waals surface area contributed by atoms with Crippen LogP contribution in [-0.2, 0) is 0 Å². The van der Waals surface area contributed by atoms with Crippen LogP contribution in [0.4, 0.5) is 5.82 Å². The largest absolute Gasteiger partial charge is 0.387 e. The van der Waals surface area contributed by atoms with Crippen LogP contribution >= 0.6 is 0 Å². The number of amidine groups is 1. The summed E-state index contributed by atoms with van der Waals surface area (Å²) in [4.78, 5) is 13.4. The van der Waals surface area contributed by atoms with Crippen LogP contribution in [0.15, 0.2) is 17.4 Å². The summed E-state index contributed by atoms with van der Waals surface area (Å²) in [6, 6.07) is 0. The van der Waals surface area contributed by atoms with Gasteiger partial charge in [-0.15, -0.1) is 0 Å². The average molecular weight is 276 g/mol. The van der Waals surface area contributed by atoms with E-state index in [-0.39, 0.29) is 10.8 Å². The number of hydrogen-bond donors (Lipinski definition) is 1. The summed E-state index contributed by atoms with van der Waals surface area (Å²) in [6.07, 6.45) is 4.41. The molecule has 1 aromatic heterocycles. The van der Waals surface area contributed by atoms with E-state index in [2.05, 4.69) is 42.7 Å². The molecule has 1 unspecified atom stereocenters. The minimum absolute atomic E-state index is 0.117. The highest BCUT2D eigenvalue weighted by molar-refractivity contribution is 5.87. The second-order valence-corrected chi connectivity index (χ2v) is 7.34. The fourth-order valence-electron chi connectivity index (χ4n) is 2.17. The maximum absolute atomic E-state index is 6.08. The summed E-state index contributed by atoms with van der Waals surface area (Å²) < 4.78 is 0. The summed E-state index contributed by atoms with van der Waals surface area (Å²) in [5, 5.41) is 0. The van der Waals surface area contributed by atoms with E-state index >= 15 is 0 Å². The topological polar surface area (TPSA) is 64.2 Å². The Morgan fingerprint density at radius 1 is 1.15 bits per heavy atom. The van der Waals surface area contributed by atoms with Crippen molar-refractivity contribution in [3.8, 4) is 0 Å². The van der Waals surface area contributed by atoms with E-state index in [0.29, 0.717) is 17.6 Å². The Hall–Kier alpha value is -1.45. The van der Waals surface area contributed by atoms with Crippen molar-refractivity contribution in [1.29, 1.82) is 0 Å². The van der Waals surface area contributed by atoms with Crippen LogP contribution in [0, 0.1) is 10.8 Å². The summed E-state index contributed by atoms with van der Waals surface area (Å²) in [5.41, 5.74) is 6.97. The Kier molecular flexibility index (Phi) is 4.90. The van der Waals surface area contributed by atoms with Crippen molar-refractivity contribution in [3.05, 3.63) is 18.1 Å². The fourth-order valence-corrected chi connectivity index (χ4v) is 2.17. The molecule has 1 rings (SSSR count). The first kappa shape index (κ1) is 16.6. The lowest BCUT2D eigenvalue weighted by molar-refractivity contribution is 0.307. The molecule has 4 nitrogen and oxygen atoms in total. The summed E-state index contributed by atoms with van der Waals surface area (Å²) >= 11 is 0. The second kappa shape index (κ2) is 5.90. The summed E-state index contributed by atoms with van der Waals surface area (Å²) in [5.74, 6) is 1.55. The van der Waals surface area contributed by atoms with Gasteiger partial charge in [-0.25, -0.2) is 9.98 Å². The summed E-state index contributed by atoms with van der Waals surface area (Å²) in [6.45, 7) is 15.0. The van der Waals surface area contributed by atoms with Crippen molar-refractivity contribution >= 4 is 11.7 Å². The van der Waals surface area contributed by atoms with Gasteiger partial charge in [0, 0.05) is 23.7 Å². The fraction of sp³-hybridized carbons (Fsp3) is 0.688. The number of nitrogens with two attached hydrogens (primary N) is 1.